The van der Waals surface area contributed by atoms with Crippen molar-refractivity contribution >= 4 is 0 Å². The lowest BCUT2D eigenvalue weighted by Gasteiger charge is -2.26. The summed E-state index contributed by atoms with van der Waals surface area (Å²) in [4.78, 5) is 2.10. The van der Waals surface area contributed by atoms with Crippen LogP contribution in [0.3, 0.4) is 0 Å². The number of likely N-dealkylation sites (N-methyl/N-ethyl adjacent to an activating group) is 1. The van der Waals surface area contributed by atoms with Gasteiger partial charge < -0.3 is 24.2 Å². The van der Waals surface area contributed by atoms with Gasteiger partial charge in [0.1, 0.15) is 17.6 Å². The Bertz CT molecular complexity index is 622. The molecule has 0 aliphatic rings. The third-order valence-corrected chi connectivity index (χ3v) is 4.67. The molecule has 0 saturated carbocycles. The van der Waals surface area contributed by atoms with Crippen molar-refractivity contribution in [3.63, 3.8) is 0 Å². The molecule has 0 aromatic heterocycles. The number of hydrogen-bond acceptors (Lipinski definition) is 5. The van der Waals surface area contributed by atoms with Crippen molar-refractivity contribution in [1.82, 2.24) is 4.90 Å². The summed E-state index contributed by atoms with van der Waals surface area (Å²) in [5.41, 5.74) is 2.01. The molecule has 0 aliphatic carbocycles. The Morgan fingerprint density at radius 2 is 1.30 bits per heavy atom. The van der Waals surface area contributed by atoms with Gasteiger partial charge in [0.2, 0.25) is 0 Å². The lowest BCUT2D eigenvalue weighted by Crippen LogP contribution is -2.36. The van der Waals surface area contributed by atoms with E-state index in [-0.39, 0.29) is 12.7 Å². The van der Waals surface area contributed by atoms with E-state index in [1.54, 1.807) is 14.2 Å². The van der Waals surface area contributed by atoms with E-state index in [0.29, 0.717) is 12.6 Å². The van der Waals surface area contributed by atoms with Crippen LogP contribution in [0.5, 0.6) is 11.5 Å². The first-order valence-corrected chi connectivity index (χ1v) is 9.22. The Labute approximate surface area is 162 Å². The fourth-order valence-electron chi connectivity index (χ4n) is 2.75. The SMILES string of the molecule is COc1ccc(C(OCC(O)CN(C)C(C)C)c2ccc(OC)cc2)cc1. The Kier molecular flexibility index (Phi) is 8.10. The van der Waals surface area contributed by atoms with E-state index >= 15 is 0 Å². The van der Waals surface area contributed by atoms with Gasteiger partial charge in [-0.2, -0.15) is 0 Å². The third kappa shape index (κ3) is 6.24. The van der Waals surface area contributed by atoms with Crippen molar-refractivity contribution < 1.29 is 19.3 Å². The topological polar surface area (TPSA) is 51.2 Å². The summed E-state index contributed by atoms with van der Waals surface area (Å²) in [6.07, 6.45) is -0.836. The number of nitrogens with zero attached hydrogens (tertiary/aromatic N) is 1. The maximum Gasteiger partial charge on any atom is 0.118 e. The molecule has 0 saturated heterocycles. The molecule has 0 aliphatic heterocycles. The minimum atomic E-state index is -0.559. The summed E-state index contributed by atoms with van der Waals surface area (Å²) in [5.74, 6) is 1.59. The van der Waals surface area contributed by atoms with E-state index in [9.17, 15) is 5.11 Å². The van der Waals surface area contributed by atoms with Crippen LogP contribution in [0, 0.1) is 0 Å². The van der Waals surface area contributed by atoms with Gasteiger partial charge in [0.15, 0.2) is 0 Å². The Hall–Kier alpha value is -2.08. The molecule has 0 spiro atoms. The fraction of sp³-hybridized carbons (Fsp3) is 0.455. The number of aliphatic hydroxyl groups is 1. The quantitative estimate of drug-likeness (QED) is 0.691. The van der Waals surface area contributed by atoms with Crippen LogP contribution >= 0.6 is 0 Å². The molecule has 0 amide bonds. The molecule has 1 atom stereocenters. The molecule has 1 unspecified atom stereocenters. The summed E-state index contributed by atoms with van der Waals surface area (Å²) >= 11 is 0. The Morgan fingerprint density at radius 1 is 0.852 bits per heavy atom. The van der Waals surface area contributed by atoms with E-state index in [1.807, 2.05) is 55.6 Å². The van der Waals surface area contributed by atoms with Gasteiger partial charge in [0.05, 0.1) is 26.9 Å². The number of rotatable bonds is 10. The van der Waals surface area contributed by atoms with Gasteiger partial charge in [-0.25, -0.2) is 0 Å². The zero-order valence-corrected chi connectivity index (χ0v) is 16.9. The van der Waals surface area contributed by atoms with Crippen molar-refractivity contribution in [3.8, 4) is 11.5 Å². The summed E-state index contributed by atoms with van der Waals surface area (Å²) in [6.45, 7) is 5.02. The molecule has 0 radical (unpaired) electrons. The van der Waals surface area contributed by atoms with E-state index in [0.717, 1.165) is 22.6 Å². The zero-order valence-electron chi connectivity index (χ0n) is 16.9. The molecule has 5 heteroatoms. The molecule has 5 nitrogen and oxygen atoms in total. The monoisotopic (exact) mass is 373 g/mol. The minimum absolute atomic E-state index is 0.250. The summed E-state index contributed by atoms with van der Waals surface area (Å²) in [6, 6.07) is 16.0. The van der Waals surface area contributed by atoms with Crippen molar-refractivity contribution in [2.75, 3.05) is 34.4 Å². The number of ether oxygens (including phenoxy) is 3. The van der Waals surface area contributed by atoms with Crippen LogP contribution < -0.4 is 9.47 Å². The van der Waals surface area contributed by atoms with Crippen LogP contribution in [0.15, 0.2) is 48.5 Å². The fourth-order valence-corrected chi connectivity index (χ4v) is 2.75. The standard InChI is InChI=1S/C22H31NO4/c1-16(2)23(3)14-19(24)15-27-22(17-6-10-20(25-4)11-7-17)18-8-12-21(26-5)13-9-18/h6-13,16,19,22,24H,14-15H2,1-5H3. The van der Waals surface area contributed by atoms with E-state index < -0.39 is 6.10 Å². The second kappa shape index (κ2) is 10.3. The van der Waals surface area contributed by atoms with Crippen molar-refractivity contribution in [2.24, 2.45) is 0 Å². The maximum absolute atomic E-state index is 10.4. The molecular weight excluding hydrogens is 342 g/mol. The average Bonchev–Trinajstić information content (AvgIpc) is 2.69. The number of hydrogen-bond donors (Lipinski definition) is 1. The van der Waals surface area contributed by atoms with Crippen LogP contribution in [-0.2, 0) is 4.74 Å². The van der Waals surface area contributed by atoms with Crippen LogP contribution in [0.25, 0.3) is 0 Å². The van der Waals surface area contributed by atoms with Gasteiger partial charge in [-0.3, -0.25) is 0 Å². The first-order chi connectivity index (χ1) is 12.9. The molecule has 1 N–H and O–H groups in total. The summed E-state index contributed by atoms with van der Waals surface area (Å²) in [5, 5.41) is 10.4. The van der Waals surface area contributed by atoms with E-state index in [1.165, 1.54) is 0 Å². The van der Waals surface area contributed by atoms with Gasteiger partial charge in [-0.15, -0.1) is 0 Å². The molecule has 2 aromatic rings. The highest BCUT2D eigenvalue weighted by Gasteiger charge is 2.18. The van der Waals surface area contributed by atoms with Gasteiger partial charge >= 0.3 is 0 Å². The highest BCUT2D eigenvalue weighted by molar-refractivity contribution is 5.36. The van der Waals surface area contributed by atoms with Crippen molar-refractivity contribution in [1.29, 1.82) is 0 Å². The highest BCUT2D eigenvalue weighted by Crippen LogP contribution is 2.29. The summed E-state index contributed by atoms with van der Waals surface area (Å²) in [7, 11) is 5.29. The van der Waals surface area contributed by atoms with Crippen LogP contribution in [-0.4, -0.2) is 56.6 Å². The van der Waals surface area contributed by atoms with Gasteiger partial charge in [-0.1, -0.05) is 24.3 Å². The molecule has 0 bridgehead atoms. The van der Waals surface area contributed by atoms with Crippen molar-refractivity contribution in [2.45, 2.75) is 32.1 Å². The second-order valence-corrected chi connectivity index (χ2v) is 6.95. The maximum atomic E-state index is 10.4. The Morgan fingerprint density at radius 3 is 1.67 bits per heavy atom. The van der Waals surface area contributed by atoms with E-state index in [2.05, 4.69) is 18.7 Å². The Balaban J connectivity index is 2.15. The summed E-state index contributed by atoms with van der Waals surface area (Å²) < 4.78 is 16.6. The smallest absolute Gasteiger partial charge is 0.118 e. The zero-order chi connectivity index (χ0) is 19.8. The predicted molar refractivity (Wildman–Crippen MR) is 108 cm³/mol. The molecule has 2 aromatic carbocycles. The molecule has 0 heterocycles. The predicted octanol–water partition coefficient (Wildman–Crippen LogP) is 3.51. The highest BCUT2D eigenvalue weighted by atomic mass is 16.5. The molecule has 0 fully saturated rings. The largest absolute Gasteiger partial charge is 0.497 e. The average molecular weight is 373 g/mol. The number of aliphatic hydroxyl groups excluding tert-OH is 1. The first kappa shape index (κ1) is 21.2. The second-order valence-electron chi connectivity index (χ2n) is 6.95. The van der Waals surface area contributed by atoms with Crippen LogP contribution in [0.2, 0.25) is 0 Å². The lowest BCUT2D eigenvalue weighted by atomic mass is 10.0. The molecular formula is C22H31NO4. The molecule has 148 valence electrons. The molecule has 27 heavy (non-hydrogen) atoms. The van der Waals surface area contributed by atoms with Gasteiger partial charge in [0.25, 0.3) is 0 Å². The van der Waals surface area contributed by atoms with Crippen LogP contribution in [0.4, 0.5) is 0 Å². The van der Waals surface area contributed by atoms with Crippen LogP contribution in [0.1, 0.15) is 31.1 Å². The van der Waals surface area contributed by atoms with Crippen molar-refractivity contribution in [3.05, 3.63) is 59.7 Å². The number of benzene rings is 2. The van der Waals surface area contributed by atoms with Gasteiger partial charge in [-0.05, 0) is 56.3 Å². The normalized spacial score (nSPS) is 12.6. The van der Waals surface area contributed by atoms with E-state index in [4.69, 9.17) is 14.2 Å². The van der Waals surface area contributed by atoms with Gasteiger partial charge in [0, 0.05) is 12.6 Å². The molecule has 2 rings (SSSR count). The number of methoxy groups -OCH3 is 2. The first-order valence-electron chi connectivity index (χ1n) is 9.22. The third-order valence-electron chi connectivity index (χ3n) is 4.67. The lowest BCUT2D eigenvalue weighted by molar-refractivity contribution is -0.00852. The minimum Gasteiger partial charge on any atom is -0.497 e.